The van der Waals surface area contributed by atoms with E-state index in [2.05, 4.69) is 14.7 Å². The maximum Gasteiger partial charge on any atom is 0.410 e. The molecule has 3 aromatic rings. The fraction of sp³-hybridized carbons (Fsp3) is 0.516. The van der Waals surface area contributed by atoms with Crippen molar-refractivity contribution in [3.05, 3.63) is 53.4 Å². The van der Waals surface area contributed by atoms with E-state index in [1.54, 1.807) is 43.9 Å². The molecule has 1 aliphatic heterocycles. The van der Waals surface area contributed by atoms with Crippen molar-refractivity contribution < 1.29 is 36.2 Å². The van der Waals surface area contributed by atoms with E-state index in [1.807, 2.05) is 20.8 Å². The van der Waals surface area contributed by atoms with Crippen molar-refractivity contribution in [1.82, 2.24) is 14.3 Å². The summed E-state index contributed by atoms with van der Waals surface area (Å²) in [5.41, 5.74) is -0.733. The summed E-state index contributed by atoms with van der Waals surface area (Å²) >= 11 is 0.762. The Labute approximate surface area is 273 Å². The zero-order valence-corrected chi connectivity index (χ0v) is 29.1. The number of aromatic nitrogens is 2. The zero-order chi connectivity index (χ0) is 34.2. The quantitative estimate of drug-likeness (QED) is 0.274. The first-order valence-electron chi connectivity index (χ1n) is 14.6. The number of nitrogens with one attached hydrogen (secondary N) is 1. The maximum atomic E-state index is 16.2. The third-order valence-corrected chi connectivity index (χ3v) is 10.2. The van der Waals surface area contributed by atoms with Crippen LogP contribution >= 0.6 is 11.5 Å². The average Bonchev–Trinajstić information content (AvgIpc) is 3.64. The number of hydrogen-bond acceptors (Lipinski definition) is 10. The summed E-state index contributed by atoms with van der Waals surface area (Å²) in [5, 5.41) is 3.12. The van der Waals surface area contributed by atoms with Gasteiger partial charge in [0.25, 0.3) is 10.0 Å². The predicted molar refractivity (Wildman–Crippen MR) is 172 cm³/mol. The second-order valence-corrected chi connectivity index (χ2v) is 15.7. The Bertz CT molecular complexity index is 1670. The molecular formula is C31H41F2N5O6S2. The van der Waals surface area contributed by atoms with E-state index in [0.29, 0.717) is 30.0 Å². The van der Waals surface area contributed by atoms with Gasteiger partial charge in [0.1, 0.15) is 29.2 Å². The Balaban J connectivity index is 1.71. The molecule has 4 rings (SSSR count). The molecule has 2 heterocycles. The Morgan fingerprint density at radius 3 is 2.39 bits per heavy atom. The lowest BCUT2D eigenvalue weighted by molar-refractivity contribution is 0.0114. The van der Waals surface area contributed by atoms with Crippen LogP contribution in [0.25, 0.3) is 0 Å². The standard InChI is InChI=1S/C31H41F2N5O6S2/c1-18-23(36-22-12-13-37(27(22)30(2,3)4)29(39)44-31(5,6)7)15-21(32)26(25(18)33)46(40,41)38(28-34-17-35-45-28)16-19-10-11-20(42-8)14-24(19)43-9/h10-11,14-15,17,22,27,36H,12-13,16H2,1-9H3/t22?,27-/m1/s1. The van der Waals surface area contributed by atoms with Crippen LogP contribution in [0.5, 0.6) is 11.5 Å². The number of benzene rings is 2. The highest BCUT2D eigenvalue weighted by molar-refractivity contribution is 7.93. The summed E-state index contributed by atoms with van der Waals surface area (Å²) < 4.78 is 81.2. The van der Waals surface area contributed by atoms with Gasteiger partial charge in [0, 0.05) is 47.0 Å². The number of carbonyl (C=O) groups excluding carboxylic acids is 1. The van der Waals surface area contributed by atoms with Crippen molar-refractivity contribution >= 4 is 38.5 Å². The first kappa shape index (κ1) is 35.1. The molecule has 1 aromatic heterocycles. The molecule has 1 unspecified atom stereocenters. The molecule has 0 aliphatic carbocycles. The molecule has 1 aliphatic rings. The van der Waals surface area contributed by atoms with E-state index < -0.39 is 49.7 Å². The molecule has 46 heavy (non-hydrogen) atoms. The minimum absolute atomic E-state index is 0.0820. The van der Waals surface area contributed by atoms with Crippen LogP contribution in [0.15, 0.2) is 35.5 Å². The lowest BCUT2D eigenvalue weighted by Gasteiger charge is -2.39. The number of nitrogens with zero attached hydrogens (tertiary/aromatic N) is 4. The Morgan fingerprint density at radius 1 is 1.13 bits per heavy atom. The number of anilines is 2. The van der Waals surface area contributed by atoms with E-state index >= 15 is 8.78 Å². The monoisotopic (exact) mass is 681 g/mol. The molecule has 1 saturated heterocycles. The van der Waals surface area contributed by atoms with Crippen molar-refractivity contribution in [3.63, 3.8) is 0 Å². The van der Waals surface area contributed by atoms with E-state index in [0.717, 1.165) is 28.2 Å². The van der Waals surface area contributed by atoms with Gasteiger partial charge in [0.05, 0.1) is 26.8 Å². The fourth-order valence-corrected chi connectivity index (χ4v) is 7.90. The van der Waals surface area contributed by atoms with Gasteiger partial charge in [-0.05, 0) is 57.7 Å². The molecule has 252 valence electrons. The van der Waals surface area contributed by atoms with Gasteiger partial charge in [-0.25, -0.2) is 31.3 Å². The van der Waals surface area contributed by atoms with Gasteiger partial charge in [-0.3, -0.25) is 0 Å². The molecule has 1 amide bonds. The topological polar surface area (TPSA) is 123 Å². The van der Waals surface area contributed by atoms with Crippen LogP contribution in [0.4, 0.5) is 24.4 Å². The minimum Gasteiger partial charge on any atom is -0.497 e. The number of likely N-dealkylation sites (tertiary alicyclic amines) is 1. The van der Waals surface area contributed by atoms with Gasteiger partial charge in [0.15, 0.2) is 10.7 Å². The molecule has 0 saturated carbocycles. The predicted octanol–water partition coefficient (Wildman–Crippen LogP) is 6.37. The summed E-state index contributed by atoms with van der Waals surface area (Å²) in [6, 6.07) is 4.99. The number of halogens is 2. The minimum atomic E-state index is -4.85. The summed E-state index contributed by atoms with van der Waals surface area (Å²) in [6.07, 6.45) is 1.17. The highest BCUT2D eigenvalue weighted by Crippen LogP contribution is 2.39. The van der Waals surface area contributed by atoms with Crippen molar-refractivity contribution in [2.24, 2.45) is 5.41 Å². The Kier molecular flexibility index (Phi) is 10.1. The summed E-state index contributed by atoms with van der Waals surface area (Å²) in [4.78, 5) is 17.6. The number of carbonyl (C=O) groups is 1. The number of sulfonamides is 1. The van der Waals surface area contributed by atoms with Gasteiger partial charge in [-0.15, -0.1) is 0 Å². The van der Waals surface area contributed by atoms with E-state index in [4.69, 9.17) is 14.2 Å². The van der Waals surface area contributed by atoms with Gasteiger partial charge >= 0.3 is 6.09 Å². The van der Waals surface area contributed by atoms with E-state index in [-0.39, 0.29) is 29.0 Å². The van der Waals surface area contributed by atoms with Gasteiger partial charge in [-0.1, -0.05) is 20.8 Å². The third-order valence-electron chi connectivity index (χ3n) is 7.59. The van der Waals surface area contributed by atoms with E-state index in [9.17, 15) is 13.2 Å². The molecule has 2 atom stereocenters. The summed E-state index contributed by atoms with van der Waals surface area (Å²) in [5.74, 6) is -1.73. The first-order chi connectivity index (χ1) is 21.4. The van der Waals surface area contributed by atoms with Crippen LogP contribution in [0, 0.1) is 24.0 Å². The number of hydrogen-bond donors (Lipinski definition) is 1. The average molecular weight is 682 g/mol. The maximum absolute atomic E-state index is 16.2. The van der Waals surface area contributed by atoms with Crippen LogP contribution < -0.4 is 19.1 Å². The number of ether oxygens (including phenoxy) is 3. The number of methoxy groups -OCH3 is 2. The summed E-state index contributed by atoms with van der Waals surface area (Å²) in [7, 11) is -1.96. The highest BCUT2D eigenvalue weighted by atomic mass is 32.2. The molecule has 11 nitrogen and oxygen atoms in total. The Hall–Kier alpha value is -3.72. The van der Waals surface area contributed by atoms with Crippen molar-refractivity contribution in [2.45, 2.75) is 84.0 Å². The molecule has 1 fully saturated rings. The molecule has 0 spiro atoms. The smallest absolute Gasteiger partial charge is 0.410 e. The van der Waals surface area contributed by atoms with Crippen LogP contribution in [-0.4, -0.2) is 67.2 Å². The second-order valence-electron chi connectivity index (χ2n) is 13.1. The fourth-order valence-electron chi connectivity index (χ4n) is 5.60. The normalized spacial score (nSPS) is 17.2. The molecule has 15 heteroatoms. The van der Waals surface area contributed by atoms with Crippen LogP contribution in [0.3, 0.4) is 0 Å². The zero-order valence-electron chi connectivity index (χ0n) is 27.5. The van der Waals surface area contributed by atoms with Crippen molar-refractivity contribution in [3.8, 4) is 11.5 Å². The van der Waals surface area contributed by atoms with Crippen LogP contribution in [0.1, 0.15) is 59.1 Å². The van der Waals surface area contributed by atoms with Gasteiger partial charge in [0.2, 0.25) is 5.13 Å². The molecule has 1 N–H and O–H groups in total. The molecular weight excluding hydrogens is 641 g/mol. The lowest BCUT2D eigenvalue weighted by Crippen LogP contribution is -2.51. The molecule has 2 aromatic carbocycles. The SMILES string of the molecule is COc1ccc(CN(c2ncns2)S(=O)(=O)c2c(F)cc(NC3CCN(C(=O)OC(C)(C)C)[C@H]3C(C)(C)C)c(C)c2F)c(OC)c1. The highest BCUT2D eigenvalue weighted by Gasteiger charge is 2.46. The lowest BCUT2D eigenvalue weighted by atomic mass is 9.82. The second kappa shape index (κ2) is 13.2. The largest absolute Gasteiger partial charge is 0.497 e. The molecule has 0 bridgehead atoms. The van der Waals surface area contributed by atoms with Crippen LogP contribution in [0.2, 0.25) is 0 Å². The Morgan fingerprint density at radius 2 is 1.83 bits per heavy atom. The third kappa shape index (κ3) is 7.30. The van der Waals surface area contributed by atoms with Gasteiger partial charge < -0.3 is 24.4 Å². The van der Waals surface area contributed by atoms with Crippen molar-refractivity contribution in [1.29, 1.82) is 0 Å². The van der Waals surface area contributed by atoms with Crippen LogP contribution in [-0.2, 0) is 21.3 Å². The number of amides is 1. The summed E-state index contributed by atoms with van der Waals surface area (Å²) in [6.45, 7) is 12.7. The first-order valence-corrected chi connectivity index (χ1v) is 16.9. The number of rotatable bonds is 9. The van der Waals surface area contributed by atoms with E-state index in [1.165, 1.54) is 21.1 Å². The molecule has 0 radical (unpaired) electrons. The van der Waals surface area contributed by atoms with Gasteiger partial charge in [-0.2, -0.15) is 4.37 Å². The van der Waals surface area contributed by atoms with Crippen molar-refractivity contribution in [2.75, 3.05) is 30.4 Å².